The van der Waals surface area contributed by atoms with Crippen LogP contribution in [0.25, 0.3) is 0 Å². The van der Waals surface area contributed by atoms with Crippen LogP contribution in [0.3, 0.4) is 0 Å². The van der Waals surface area contributed by atoms with Crippen LogP contribution in [-0.4, -0.2) is 21.4 Å². The summed E-state index contributed by atoms with van der Waals surface area (Å²) in [5.74, 6) is -0.396. The predicted molar refractivity (Wildman–Crippen MR) is 106 cm³/mol. The second kappa shape index (κ2) is 7.49. The molecule has 8 heteroatoms. The van der Waals surface area contributed by atoms with Crippen LogP contribution in [-0.2, 0) is 10.0 Å². The number of hydrogen-bond donors (Lipinski definition) is 1. The number of carbonyl (C=O) groups excluding carboxylic acids is 1. The zero-order valence-electron chi connectivity index (χ0n) is 13.7. The molecule has 1 aromatic heterocycles. The Morgan fingerprint density at radius 3 is 2.50 bits per heavy atom. The van der Waals surface area contributed by atoms with Crippen LogP contribution < -0.4 is 9.62 Å². The summed E-state index contributed by atoms with van der Waals surface area (Å²) in [4.78, 5) is 13.1. The number of carbonyl (C=O) groups is 1. The fourth-order valence-corrected chi connectivity index (χ4v) is 4.65. The third-order valence-corrected chi connectivity index (χ3v) is 6.60. The van der Waals surface area contributed by atoms with E-state index in [4.69, 9.17) is 11.6 Å². The van der Waals surface area contributed by atoms with Crippen LogP contribution in [0, 0.1) is 0 Å². The van der Waals surface area contributed by atoms with E-state index in [9.17, 15) is 13.2 Å². The maximum Gasteiger partial charge on any atom is 0.267 e. The molecule has 3 aromatic rings. The van der Waals surface area contributed by atoms with Crippen molar-refractivity contribution in [2.24, 2.45) is 0 Å². The Morgan fingerprint density at radius 2 is 1.81 bits per heavy atom. The molecule has 1 N–H and O–H groups in total. The molecule has 0 fully saturated rings. The average Bonchev–Trinajstić information content (AvgIpc) is 3.11. The Kier molecular flexibility index (Phi) is 5.31. The minimum absolute atomic E-state index is 0.162. The lowest BCUT2D eigenvalue weighted by Gasteiger charge is -2.19. The average molecular weight is 407 g/mol. The molecule has 0 saturated carbocycles. The molecule has 0 atom stereocenters. The minimum Gasteiger partial charge on any atom is -0.321 e. The standard InChI is InChI=1S/C18H15ClN2O3S2/c1-21(26(23,24)15-8-3-2-4-9-15)16-10-11-25-17(16)18(22)20-14-7-5-6-13(19)12-14/h2-12H,1H3,(H,20,22). The number of amides is 1. The van der Waals surface area contributed by atoms with Crippen molar-refractivity contribution in [3.8, 4) is 0 Å². The van der Waals surface area contributed by atoms with E-state index in [-0.39, 0.29) is 4.90 Å². The molecular formula is C18H15ClN2O3S2. The largest absolute Gasteiger partial charge is 0.321 e. The fraction of sp³-hybridized carbons (Fsp3) is 0.0556. The quantitative estimate of drug-likeness (QED) is 0.679. The molecule has 1 amide bonds. The highest BCUT2D eigenvalue weighted by Crippen LogP contribution is 2.30. The van der Waals surface area contributed by atoms with Crippen molar-refractivity contribution < 1.29 is 13.2 Å². The van der Waals surface area contributed by atoms with Crippen LogP contribution in [0.5, 0.6) is 0 Å². The first-order valence-corrected chi connectivity index (χ1v) is 10.3. The van der Waals surface area contributed by atoms with Gasteiger partial charge in [0, 0.05) is 17.8 Å². The SMILES string of the molecule is CN(c1ccsc1C(=O)Nc1cccc(Cl)c1)S(=O)(=O)c1ccccc1. The highest BCUT2D eigenvalue weighted by molar-refractivity contribution is 7.92. The van der Waals surface area contributed by atoms with E-state index in [1.165, 1.54) is 30.5 Å². The maximum absolute atomic E-state index is 12.8. The number of nitrogens with zero attached hydrogens (tertiary/aromatic N) is 1. The van der Waals surface area contributed by atoms with Gasteiger partial charge in [-0.1, -0.05) is 35.9 Å². The summed E-state index contributed by atoms with van der Waals surface area (Å²) >= 11 is 7.10. The summed E-state index contributed by atoms with van der Waals surface area (Å²) < 4.78 is 26.7. The molecule has 0 unspecified atom stereocenters. The first-order chi connectivity index (χ1) is 12.4. The normalized spacial score (nSPS) is 11.2. The minimum atomic E-state index is -3.76. The summed E-state index contributed by atoms with van der Waals surface area (Å²) in [7, 11) is -2.33. The lowest BCUT2D eigenvalue weighted by atomic mass is 10.3. The molecule has 3 rings (SSSR count). The molecule has 0 radical (unpaired) electrons. The molecule has 5 nitrogen and oxygen atoms in total. The van der Waals surface area contributed by atoms with Gasteiger partial charge in [0.15, 0.2) is 0 Å². The summed E-state index contributed by atoms with van der Waals surface area (Å²) in [6.07, 6.45) is 0. The van der Waals surface area contributed by atoms with E-state index in [0.29, 0.717) is 21.3 Å². The molecule has 134 valence electrons. The molecule has 0 bridgehead atoms. The molecular weight excluding hydrogens is 392 g/mol. The van der Waals surface area contributed by atoms with Crippen molar-refractivity contribution in [1.29, 1.82) is 0 Å². The monoisotopic (exact) mass is 406 g/mol. The van der Waals surface area contributed by atoms with Gasteiger partial charge in [0.25, 0.3) is 15.9 Å². The van der Waals surface area contributed by atoms with Crippen molar-refractivity contribution in [1.82, 2.24) is 0 Å². The van der Waals surface area contributed by atoms with Gasteiger partial charge in [0.1, 0.15) is 4.88 Å². The van der Waals surface area contributed by atoms with E-state index in [1.807, 2.05) is 0 Å². The smallest absolute Gasteiger partial charge is 0.267 e. The van der Waals surface area contributed by atoms with Gasteiger partial charge in [-0.05, 0) is 41.8 Å². The lowest BCUT2D eigenvalue weighted by Crippen LogP contribution is -2.28. The van der Waals surface area contributed by atoms with E-state index in [1.54, 1.807) is 53.9 Å². The predicted octanol–water partition coefficient (Wildman–Crippen LogP) is 4.48. The van der Waals surface area contributed by atoms with E-state index < -0.39 is 15.9 Å². The number of nitrogens with one attached hydrogen (secondary N) is 1. The van der Waals surface area contributed by atoms with Crippen molar-refractivity contribution in [2.75, 3.05) is 16.7 Å². The molecule has 0 aliphatic rings. The first kappa shape index (κ1) is 18.4. The van der Waals surface area contributed by atoms with Gasteiger partial charge in [0.05, 0.1) is 10.6 Å². The third-order valence-electron chi connectivity index (χ3n) is 3.67. The van der Waals surface area contributed by atoms with Crippen molar-refractivity contribution in [3.05, 3.63) is 75.9 Å². The topological polar surface area (TPSA) is 66.5 Å². The summed E-state index contributed by atoms with van der Waals surface area (Å²) in [5, 5.41) is 4.92. The number of hydrogen-bond acceptors (Lipinski definition) is 4. The molecule has 0 aliphatic carbocycles. The number of halogens is 1. The van der Waals surface area contributed by atoms with Crippen LogP contribution in [0.15, 0.2) is 70.9 Å². The summed E-state index contributed by atoms with van der Waals surface area (Å²) in [6.45, 7) is 0. The Bertz CT molecular complexity index is 1030. The number of thiophene rings is 1. The van der Waals surface area contributed by atoms with Crippen LogP contribution in [0.4, 0.5) is 11.4 Å². The van der Waals surface area contributed by atoms with Crippen LogP contribution in [0.1, 0.15) is 9.67 Å². The first-order valence-electron chi connectivity index (χ1n) is 7.58. The molecule has 2 aromatic carbocycles. The highest BCUT2D eigenvalue weighted by atomic mass is 35.5. The third kappa shape index (κ3) is 3.75. The van der Waals surface area contributed by atoms with Gasteiger partial charge in [-0.25, -0.2) is 8.42 Å². The second-order valence-electron chi connectivity index (χ2n) is 5.39. The second-order valence-corrected chi connectivity index (χ2v) is 8.71. The zero-order valence-corrected chi connectivity index (χ0v) is 16.1. The highest BCUT2D eigenvalue weighted by Gasteiger charge is 2.26. The van der Waals surface area contributed by atoms with Gasteiger partial charge >= 0.3 is 0 Å². The Morgan fingerprint density at radius 1 is 1.08 bits per heavy atom. The van der Waals surface area contributed by atoms with Gasteiger partial charge < -0.3 is 5.32 Å². The lowest BCUT2D eigenvalue weighted by molar-refractivity contribution is 0.103. The number of benzene rings is 2. The van der Waals surface area contributed by atoms with E-state index >= 15 is 0 Å². The molecule has 0 spiro atoms. The van der Waals surface area contributed by atoms with E-state index in [2.05, 4.69) is 5.32 Å². The maximum atomic E-state index is 12.8. The van der Waals surface area contributed by atoms with Crippen molar-refractivity contribution in [2.45, 2.75) is 4.90 Å². The summed E-state index contributed by atoms with van der Waals surface area (Å²) in [6, 6.07) is 16.5. The molecule has 0 aliphatic heterocycles. The number of anilines is 2. The summed E-state index contributed by atoms with van der Waals surface area (Å²) in [5.41, 5.74) is 0.855. The van der Waals surface area contributed by atoms with Gasteiger partial charge in [-0.3, -0.25) is 9.10 Å². The van der Waals surface area contributed by atoms with Gasteiger partial charge in [-0.15, -0.1) is 11.3 Å². The number of rotatable bonds is 5. The molecule has 0 saturated heterocycles. The Hall–Kier alpha value is -2.35. The van der Waals surface area contributed by atoms with Crippen LogP contribution in [0.2, 0.25) is 5.02 Å². The van der Waals surface area contributed by atoms with Crippen LogP contribution >= 0.6 is 22.9 Å². The van der Waals surface area contributed by atoms with E-state index in [0.717, 1.165) is 4.31 Å². The van der Waals surface area contributed by atoms with Crippen molar-refractivity contribution in [3.63, 3.8) is 0 Å². The molecule has 26 heavy (non-hydrogen) atoms. The van der Waals surface area contributed by atoms with Crippen molar-refractivity contribution >= 4 is 50.2 Å². The van der Waals surface area contributed by atoms with Gasteiger partial charge in [-0.2, -0.15) is 0 Å². The Labute approximate surface area is 160 Å². The fourth-order valence-electron chi connectivity index (χ4n) is 2.35. The Balaban J connectivity index is 1.89. The number of sulfonamides is 1. The zero-order chi connectivity index (χ0) is 18.7. The molecule has 1 heterocycles. The van der Waals surface area contributed by atoms with Gasteiger partial charge in [0.2, 0.25) is 0 Å².